The summed E-state index contributed by atoms with van der Waals surface area (Å²) in [6.45, 7) is 4.28. The third-order valence-corrected chi connectivity index (χ3v) is 5.62. The molecule has 1 N–H and O–H groups in total. The van der Waals surface area contributed by atoms with Gasteiger partial charge in [-0.25, -0.2) is 0 Å². The van der Waals surface area contributed by atoms with E-state index in [0.29, 0.717) is 6.04 Å². The second-order valence-corrected chi connectivity index (χ2v) is 7.78. The summed E-state index contributed by atoms with van der Waals surface area (Å²) in [6, 6.07) is 8.23. The van der Waals surface area contributed by atoms with Crippen molar-refractivity contribution >= 4 is 27.7 Å². The van der Waals surface area contributed by atoms with Crippen LogP contribution < -0.4 is 5.32 Å². The molecule has 1 unspecified atom stereocenters. The van der Waals surface area contributed by atoms with Gasteiger partial charge in [0.15, 0.2) is 0 Å². The summed E-state index contributed by atoms with van der Waals surface area (Å²) in [7, 11) is 2.24. The van der Waals surface area contributed by atoms with E-state index in [2.05, 4.69) is 64.6 Å². The Morgan fingerprint density at radius 1 is 1.43 bits per heavy atom. The Kier molecular flexibility index (Phi) is 7.06. The van der Waals surface area contributed by atoms with Gasteiger partial charge in [0.2, 0.25) is 0 Å². The highest BCUT2D eigenvalue weighted by Gasteiger charge is 2.20. The van der Waals surface area contributed by atoms with Crippen molar-refractivity contribution in [3.63, 3.8) is 0 Å². The van der Waals surface area contributed by atoms with Crippen LogP contribution in [0.2, 0.25) is 0 Å². The number of hydrogen-bond donors (Lipinski definition) is 1. The van der Waals surface area contributed by atoms with Gasteiger partial charge in [-0.1, -0.05) is 35.0 Å². The van der Waals surface area contributed by atoms with Gasteiger partial charge >= 0.3 is 0 Å². The minimum atomic E-state index is 0.656. The Morgan fingerprint density at radius 2 is 2.19 bits per heavy atom. The third kappa shape index (κ3) is 5.59. The number of rotatable bonds is 9. The number of nitrogens with zero attached hydrogens (tertiary/aromatic N) is 1. The molecule has 1 aliphatic carbocycles. The van der Waals surface area contributed by atoms with Crippen LogP contribution in [-0.2, 0) is 13.1 Å². The monoisotopic (exact) mass is 370 g/mol. The topological polar surface area (TPSA) is 15.3 Å². The Hall–Kier alpha value is -0.0300. The fraction of sp³-hybridized carbons (Fsp3) is 0.647. The zero-order valence-corrected chi connectivity index (χ0v) is 15.8. The second-order valence-electron chi connectivity index (χ2n) is 6.01. The first kappa shape index (κ1) is 17.3. The minimum Gasteiger partial charge on any atom is -0.310 e. The van der Waals surface area contributed by atoms with E-state index in [1.54, 1.807) is 0 Å². The molecule has 1 aromatic rings. The summed E-state index contributed by atoms with van der Waals surface area (Å²) in [5, 5.41) is 3.57. The zero-order chi connectivity index (χ0) is 15.2. The van der Waals surface area contributed by atoms with E-state index in [9.17, 15) is 0 Å². The van der Waals surface area contributed by atoms with Crippen LogP contribution in [0.25, 0.3) is 0 Å². The number of benzene rings is 1. The molecule has 0 aliphatic heterocycles. The van der Waals surface area contributed by atoms with Gasteiger partial charge in [-0.15, -0.1) is 0 Å². The minimum absolute atomic E-state index is 0.656. The molecule has 0 heterocycles. The van der Waals surface area contributed by atoms with E-state index in [1.807, 2.05) is 11.8 Å². The van der Waals surface area contributed by atoms with E-state index in [4.69, 9.17) is 0 Å². The van der Waals surface area contributed by atoms with Crippen LogP contribution in [-0.4, -0.2) is 36.0 Å². The maximum Gasteiger partial charge on any atom is 0.0245 e. The average Bonchev–Trinajstić information content (AvgIpc) is 3.29. The standard InChI is InChI=1S/C17H27BrN2S/c1-4-16(12-21-3)20(2)11-14-6-5-13(9-17(14)18)10-19-15-7-8-15/h5-6,9,15-16,19H,4,7-8,10-12H2,1-3H3. The summed E-state index contributed by atoms with van der Waals surface area (Å²) >= 11 is 5.68. The van der Waals surface area contributed by atoms with Crippen molar-refractivity contribution in [2.24, 2.45) is 0 Å². The van der Waals surface area contributed by atoms with Gasteiger partial charge in [0.1, 0.15) is 0 Å². The van der Waals surface area contributed by atoms with E-state index in [0.717, 1.165) is 19.1 Å². The smallest absolute Gasteiger partial charge is 0.0245 e. The lowest BCUT2D eigenvalue weighted by Crippen LogP contribution is -2.32. The molecule has 0 amide bonds. The number of nitrogens with one attached hydrogen (secondary N) is 1. The maximum absolute atomic E-state index is 3.75. The fourth-order valence-electron chi connectivity index (χ4n) is 2.53. The summed E-state index contributed by atoms with van der Waals surface area (Å²) in [4.78, 5) is 2.47. The number of hydrogen-bond acceptors (Lipinski definition) is 3. The van der Waals surface area contributed by atoms with Gasteiger partial charge < -0.3 is 5.32 Å². The van der Waals surface area contributed by atoms with E-state index < -0.39 is 0 Å². The van der Waals surface area contributed by atoms with Gasteiger partial charge in [0.25, 0.3) is 0 Å². The molecule has 1 aromatic carbocycles. The molecular weight excluding hydrogens is 344 g/mol. The average molecular weight is 371 g/mol. The molecule has 4 heteroatoms. The highest BCUT2D eigenvalue weighted by molar-refractivity contribution is 9.10. The highest BCUT2D eigenvalue weighted by Crippen LogP contribution is 2.23. The first-order valence-corrected chi connectivity index (χ1v) is 10.0. The normalized spacial score (nSPS) is 16.4. The first-order valence-electron chi connectivity index (χ1n) is 7.84. The Balaban J connectivity index is 1.92. The van der Waals surface area contributed by atoms with E-state index >= 15 is 0 Å². The molecule has 1 fully saturated rings. The Bertz CT molecular complexity index is 448. The first-order chi connectivity index (χ1) is 10.1. The van der Waals surface area contributed by atoms with Gasteiger partial charge in [0.05, 0.1) is 0 Å². The van der Waals surface area contributed by atoms with E-state index in [1.165, 1.54) is 40.6 Å². The molecule has 2 nitrogen and oxygen atoms in total. The molecule has 0 radical (unpaired) electrons. The predicted octanol–water partition coefficient (Wildman–Crippen LogP) is 4.27. The van der Waals surface area contributed by atoms with Gasteiger partial charge in [0, 0.05) is 35.4 Å². The van der Waals surface area contributed by atoms with Crippen LogP contribution >= 0.6 is 27.7 Å². The van der Waals surface area contributed by atoms with Crippen LogP contribution in [0.3, 0.4) is 0 Å². The summed E-state index contributed by atoms with van der Waals surface area (Å²) in [5.41, 5.74) is 2.75. The molecule has 1 saturated carbocycles. The van der Waals surface area contributed by atoms with Crippen molar-refractivity contribution in [3.05, 3.63) is 33.8 Å². The molecule has 21 heavy (non-hydrogen) atoms. The van der Waals surface area contributed by atoms with Crippen molar-refractivity contribution in [1.29, 1.82) is 0 Å². The predicted molar refractivity (Wildman–Crippen MR) is 97.9 cm³/mol. The van der Waals surface area contributed by atoms with Crippen LogP contribution in [0.1, 0.15) is 37.3 Å². The third-order valence-electron chi connectivity index (χ3n) is 4.16. The van der Waals surface area contributed by atoms with Gasteiger partial charge in [-0.05, 0) is 49.8 Å². The molecule has 0 saturated heterocycles. The molecule has 1 atom stereocenters. The quantitative estimate of drug-likeness (QED) is 0.698. The van der Waals surface area contributed by atoms with Crippen molar-refractivity contribution < 1.29 is 0 Å². The van der Waals surface area contributed by atoms with Crippen LogP contribution in [0.15, 0.2) is 22.7 Å². The second kappa shape index (κ2) is 8.56. The lowest BCUT2D eigenvalue weighted by atomic mass is 10.1. The Morgan fingerprint density at radius 3 is 2.76 bits per heavy atom. The lowest BCUT2D eigenvalue weighted by Gasteiger charge is -2.27. The SMILES string of the molecule is CCC(CSC)N(C)Cc1ccc(CNC2CC2)cc1Br. The molecule has 0 bridgehead atoms. The van der Waals surface area contributed by atoms with Crippen molar-refractivity contribution in [2.45, 2.75) is 51.4 Å². The van der Waals surface area contributed by atoms with E-state index in [-0.39, 0.29) is 0 Å². The number of halogens is 1. The van der Waals surface area contributed by atoms with Crippen molar-refractivity contribution in [2.75, 3.05) is 19.1 Å². The summed E-state index contributed by atoms with van der Waals surface area (Å²) < 4.78 is 1.24. The largest absolute Gasteiger partial charge is 0.310 e. The molecule has 0 spiro atoms. The van der Waals surface area contributed by atoms with Crippen molar-refractivity contribution in [1.82, 2.24) is 10.2 Å². The van der Waals surface area contributed by atoms with Crippen LogP contribution in [0, 0.1) is 0 Å². The Labute approximate surface area is 142 Å². The van der Waals surface area contributed by atoms with Crippen LogP contribution in [0.5, 0.6) is 0 Å². The van der Waals surface area contributed by atoms with Crippen molar-refractivity contribution in [3.8, 4) is 0 Å². The van der Waals surface area contributed by atoms with Crippen LogP contribution in [0.4, 0.5) is 0 Å². The molecule has 1 aliphatic rings. The van der Waals surface area contributed by atoms with Gasteiger partial charge in [-0.2, -0.15) is 11.8 Å². The molecule has 118 valence electrons. The summed E-state index contributed by atoms with van der Waals surface area (Å²) in [6.07, 6.45) is 6.09. The molecule has 2 rings (SSSR count). The highest BCUT2D eigenvalue weighted by atomic mass is 79.9. The fourth-order valence-corrected chi connectivity index (χ4v) is 3.95. The zero-order valence-electron chi connectivity index (χ0n) is 13.4. The number of thioether (sulfide) groups is 1. The lowest BCUT2D eigenvalue weighted by molar-refractivity contribution is 0.247. The molecule has 0 aromatic heterocycles. The maximum atomic E-state index is 3.75. The van der Waals surface area contributed by atoms with Gasteiger partial charge in [-0.3, -0.25) is 4.90 Å². The summed E-state index contributed by atoms with van der Waals surface area (Å²) in [5.74, 6) is 1.20. The molecular formula is C17H27BrN2S.